The number of ether oxygens (including phenoxy) is 1. The Kier molecular flexibility index (Phi) is 4.68. The average molecular weight is 206 g/mol. The molecule has 0 heterocycles. The van der Waals surface area contributed by atoms with Crippen molar-refractivity contribution in [2.45, 2.75) is 19.8 Å². The summed E-state index contributed by atoms with van der Waals surface area (Å²) < 4.78 is 5.53. The average Bonchev–Trinajstić information content (AvgIpc) is 2.29. The maximum atomic E-state index is 5.68. The highest BCUT2D eigenvalue weighted by molar-refractivity contribution is 5.97. The summed E-state index contributed by atoms with van der Waals surface area (Å²) in [5.74, 6) is 1.44. The van der Waals surface area contributed by atoms with E-state index in [9.17, 15) is 0 Å². The van der Waals surface area contributed by atoms with E-state index in [0.717, 1.165) is 30.8 Å². The van der Waals surface area contributed by atoms with Crippen LogP contribution in [0.2, 0.25) is 0 Å². The van der Waals surface area contributed by atoms with Gasteiger partial charge in [-0.05, 0) is 30.7 Å². The van der Waals surface area contributed by atoms with Gasteiger partial charge in [0.15, 0.2) is 0 Å². The van der Waals surface area contributed by atoms with Crippen molar-refractivity contribution in [3.05, 3.63) is 29.8 Å². The van der Waals surface area contributed by atoms with Crippen LogP contribution in [0.3, 0.4) is 0 Å². The lowest BCUT2D eigenvalue weighted by Gasteiger charge is -2.06. The van der Waals surface area contributed by atoms with E-state index in [2.05, 4.69) is 11.9 Å². The van der Waals surface area contributed by atoms with Crippen molar-refractivity contribution in [2.24, 2.45) is 10.7 Å². The molecule has 0 fully saturated rings. The zero-order chi connectivity index (χ0) is 11.1. The lowest BCUT2D eigenvalue weighted by molar-refractivity contribution is 0.309. The summed E-state index contributed by atoms with van der Waals surface area (Å²) in [6, 6.07) is 7.68. The molecule has 82 valence electrons. The van der Waals surface area contributed by atoms with Crippen LogP contribution in [0.15, 0.2) is 29.3 Å². The highest BCUT2D eigenvalue weighted by Gasteiger charge is 1.97. The second kappa shape index (κ2) is 6.06. The Balaban J connectivity index is 2.56. The Morgan fingerprint density at radius 1 is 1.33 bits per heavy atom. The van der Waals surface area contributed by atoms with Crippen LogP contribution in [0.1, 0.15) is 25.3 Å². The molecule has 1 aromatic carbocycles. The second-order valence-corrected chi connectivity index (χ2v) is 3.34. The van der Waals surface area contributed by atoms with Crippen molar-refractivity contribution >= 4 is 5.84 Å². The fraction of sp³-hybridized carbons (Fsp3) is 0.417. The number of nitrogens with zero attached hydrogens (tertiary/aromatic N) is 1. The van der Waals surface area contributed by atoms with Crippen molar-refractivity contribution in [1.82, 2.24) is 0 Å². The maximum absolute atomic E-state index is 5.68. The number of unbranched alkanes of at least 4 members (excludes halogenated alkanes) is 1. The van der Waals surface area contributed by atoms with Crippen LogP contribution in [0.4, 0.5) is 0 Å². The van der Waals surface area contributed by atoms with Crippen molar-refractivity contribution in [1.29, 1.82) is 0 Å². The van der Waals surface area contributed by atoms with Crippen LogP contribution in [-0.2, 0) is 0 Å². The standard InChI is InChI=1S/C12H18N2O/c1-3-4-9-15-11-7-5-10(6-8-11)12(13)14-2/h5-8H,3-4,9H2,1-2H3,(H2,13,14). The zero-order valence-corrected chi connectivity index (χ0v) is 9.36. The molecule has 3 heteroatoms. The van der Waals surface area contributed by atoms with E-state index in [1.54, 1.807) is 7.05 Å². The summed E-state index contributed by atoms with van der Waals surface area (Å²) in [6.45, 7) is 2.91. The molecule has 0 amide bonds. The number of aliphatic imine (C=N–C) groups is 1. The van der Waals surface area contributed by atoms with E-state index >= 15 is 0 Å². The molecule has 0 radical (unpaired) electrons. The summed E-state index contributed by atoms with van der Waals surface area (Å²) >= 11 is 0. The van der Waals surface area contributed by atoms with Gasteiger partial charge in [-0.1, -0.05) is 13.3 Å². The third kappa shape index (κ3) is 3.62. The van der Waals surface area contributed by atoms with Gasteiger partial charge in [-0.3, -0.25) is 4.99 Å². The van der Waals surface area contributed by atoms with Gasteiger partial charge in [0.05, 0.1) is 6.61 Å². The van der Waals surface area contributed by atoms with Crippen LogP contribution >= 0.6 is 0 Å². The molecule has 0 aliphatic rings. The van der Waals surface area contributed by atoms with E-state index in [1.165, 1.54) is 0 Å². The molecule has 0 spiro atoms. The molecule has 0 aliphatic heterocycles. The molecule has 0 atom stereocenters. The third-order valence-corrected chi connectivity index (χ3v) is 2.16. The molecule has 0 aliphatic carbocycles. The van der Waals surface area contributed by atoms with Gasteiger partial charge < -0.3 is 10.5 Å². The number of nitrogens with two attached hydrogens (primary N) is 1. The van der Waals surface area contributed by atoms with Gasteiger partial charge in [0, 0.05) is 12.6 Å². The van der Waals surface area contributed by atoms with Gasteiger partial charge in [-0.2, -0.15) is 0 Å². The zero-order valence-electron chi connectivity index (χ0n) is 9.36. The minimum Gasteiger partial charge on any atom is -0.494 e. The summed E-state index contributed by atoms with van der Waals surface area (Å²) in [6.07, 6.45) is 2.23. The highest BCUT2D eigenvalue weighted by atomic mass is 16.5. The minimum absolute atomic E-state index is 0.551. The first-order valence-corrected chi connectivity index (χ1v) is 5.23. The fourth-order valence-electron chi connectivity index (χ4n) is 1.19. The van der Waals surface area contributed by atoms with Gasteiger partial charge in [-0.25, -0.2) is 0 Å². The van der Waals surface area contributed by atoms with Crippen LogP contribution in [0, 0.1) is 0 Å². The van der Waals surface area contributed by atoms with Crippen LogP contribution in [0.5, 0.6) is 5.75 Å². The number of amidine groups is 1. The second-order valence-electron chi connectivity index (χ2n) is 3.34. The van der Waals surface area contributed by atoms with Crippen LogP contribution in [-0.4, -0.2) is 19.5 Å². The first-order chi connectivity index (χ1) is 7.27. The quantitative estimate of drug-likeness (QED) is 0.456. The van der Waals surface area contributed by atoms with Gasteiger partial charge in [-0.15, -0.1) is 0 Å². The maximum Gasteiger partial charge on any atom is 0.125 e. The molecule has 0 saturated heterocycles. The summed E-state index contributed by atoms with van der Waals surface area (Å²) in [4.78, 5) is 3.92. The number of benzene rings is 1. The normalized spacial score (nSPS) is 11.5. The molecular weight excluding hydrogens is 188 g/mol. The largest absolute Gasteiger partial charge is 0.494 e. The highest BCUT2D eigenvalue weighted by Crippen LogP contribution is 2.12. The lowest BCUT2D eigenvalue weighted by Crippen LogP contribution is -2.12. The van der Waals surface area contributed by atoms with Crippen LogP contribution < -0.4 is 10.5 Å². The fourth-order valence-corrected chi connectivity index (χ4v) is 1.19. The number of rotatable bonds is 5. The Labute approximate surface area is 91.0 Å². The number of hydrogen-bond donors (Lipinski definition) is 1. The first kappa shape index (κ1) is 11.6. The SMILES string of the molecule is CCCCOc1ccc(C(N)=NC)cc1. The van der Waals surface area contributed by atoms with Crippen molar-refractivity contribution in [3.63, 3.8) is 0 Å². The van der Waals surface area contributed by atoms with E-state index < -0.39 is 0 Å². The van der Waals surface area contributed by atoms with Gasteiger partial charge in [0.25, 0.3) is 0 Å². The van der Waals surface area contributed by atoms with Gasteiger partial charge in [0.1, 0.15) is 11.6 Å². The molecule has 2 N–H and O–H groups in total. The third-order valence-electron chi connectivity index (χ3n) is 2.16. The Morgan fingerprint density at radius 3 is 2.53 bits per heavy atom. The topological polar surface area (TPSA) is 47.6 Å². The van der Waals surface area contributed by atoms with E-state index in [0.29, 0.717) is 5.84 Å². The van der Waals surface area contributed by atoms with E-state index in [1.807, 2.05) is 24.3 Å². The molecule has 1 aromatic rings. The molecule has 1 rings (SSSR count). The van der Waals surface area contributed by atoms with E-state index in [-0.39, 0.29) is 0 Å². The molecule has 0 saturated carbocycles. The molecule has 15 heavy (non-hydrogen) atoms. The summed E-state index contributed by atoms with van der Waals surface area (Å²) in [5.41, 5.74) is 6.61. The predicted octanol–water partition coefficient (Wildman–Crippen LogP) is 2.20. The smallest absolute Gasteiger partial charge is 0.125 e. The number of hydrogen-bond acceptors (Lipinski definition) is 2. The van der Waals surface area contributed by atoms with Gasteiger partial charge in [0.2, 0.25) is 0 Å². The molecule has 0 unspecified atom stereocenters. The molecule has 0 bridgehead atoms. The summed E-state index contributed by atoms with van der Waals surface area (Å²) in [7, 11) is 1.68. The first-order valence-electron chi connectivity index (χ1n) is 5.23. The van der Waals surface area contributed by atoms with Crippen LogP contribution in [0.25, 0.3) is 0 Å². The molecule has 3 nitrogen and oxygen atoms in total. The minimum atomic E-state index is 0.551. The Morgan fingerprint density at radius 2 is 2.00 bits per heavy atom. The summed E-state index contributed by atoms with van der Waals surface area (Å²) in [5, 5.41) is 0. The van der Waals surface area contributed by atoms with Crippen molar-refractivity contribution in [3.8, 4) is 5.75 Å². The molecular formula is C12H18N2O. The Bertz CT molecular complexity index is 317. The predicted molar refractivity (Wildman–Crippen MR) is 63.5 cm³/mol. The van der Waals surface area contributed by atoms with Gasteiger partial charge >= 0.3 is 0 Å². The van der Waals surface area contributed by atoms with Crippen molar-refractivity contribution in [2.75, 3.05) is 13.7 Å². The van der Waals surface area contributed by atoms with Crippen molar-refractivity contribution < 1.29 is 4.74 Å². The Hall–Kier alpha value is -1.51. The molecule has 0 aromatic heterocycles. The monoisotopic (exact) mass is 206 g/mol. The lowest BCUT2D eigenvalue weighted by atomic mass is 10.2. The van der Waals surface area contributed by atoms with E-state index in [4.69, 9.17) is 10.5 Å².